The van der Waals surface area contributed by atoms with Crippen LogP contribution in [-0.4, -0.2) is 33.3 Å². The summed E-state index contributed by atoms with van der Waals surface area (Å²) in [7, 11) is 0. The molecule has 1 amide bonds. The molecule has 0 saturated carbocycles. The Bertz CT molecular complexity index is 1260. The van der Waals surface area contributed by atoms with Gasteiger partial charge in [0.05, 0.1) is 18.2 Å². The largest absolute Gasteiger partial charge is 0.507 e. The van der Waals surface area contributed by atoms with E-state index < -0.39 is 17.7 Å². The second-order valence-corrected chi connectivity index (χ2v) is 10.0. The summed E-state index contributed by atoms with van der Waals surface area (Å²) >= 11 is 0. The van der Waals surface area contributed by atoms with Crippen molar-refractivity contribution >= 4 is 17.4 Å². The SMILES string of the molecule is CCCOc1ccc(/C(O)=C2\C(=O)C(=O)N(Cc3cccnc3)C2c2ccc(C(C)(C)C)cc2)cc1. The Hall–Kier alpha value is -3.93. The fourth-order valence-corrected chi connectivity index (χ4v) is 4.33. The van der Waals surface area contributed by atoms with Crippen LogP contribution in [0.15, 0.2) is 78.6 Å². The van der Waals surface area contributed by atoms with Crippen molar-refractivity contribution in [1.29, 1.82) is 0 Å². The molecule has 6 heteroatoms. The first-order valence-electron chi connectivity index (χ1n) is 12.2. The van der Waals surface area contributed by atoms with Crippen molar-refractivity contribution in [1.82, 2.24) is 9.88 Å². The summed E-state index contributed by atoms with van der Waals surface area (Å²) in [5.74, 6) is -0.866. The molecule has 1 N–H and O–H groups in total. The van der Waals surface area contributed by atoms with E-state index in [2.05, 4.69) is 25.8 Å². The number of aromatic nitrogens is 1. The van der Waals surface area contributed by atoms with Gasteiger partial charge in [-0.15, -0.1) is 0 Å². The predicted octanol–water partition coefficient (Wildman–Crippen LogP) is 5.79. The van der Waals surface area contributed by atoms with Gasteiger partial charge in [0, 0.05) is 24.5 Å². The van der Waals surface area contributed by atoms with Gasteiger partial charge in [0.1, 0.15) is 11.5 Å². The average molecular weight is 485 g/mol. The van der Waals surface area contributed by atoms with Gasteiger partial charge in [-0.1, -0.05) is 58.0 Å². The van der Waals surface area contributed by atoms with Crippen molar-refractivity contribution in [3.63, 3.8) is 0 Å². The summed E-state index contributed by atoms with van der Waals surface area (Å²) in [6.07, 6.45) is 4.22. The van der Waals surface area contributed by atoms with E-state index in [1.54, 1.807) is 42.7 Å². The van der Waals surface area contributed by atoms with Crippen LogP contribution < -0.4 is 4.74 Å². The molecule has 2 aromatic carbocycles. The molecule has 0 aliphatic carbocycles. The Morgan fingerprint density at radius 2 is 1.72 bits per heavy atom. The molecule has 186 valence electrons. The maximum atomic E-state index is 13.3. The van der Waals surface area contributed by atoms with Crippen molar-refractivity contribution in [3.8, 4) is 5.75 Å². The Balaban J connectivity index is 1.79. The van der Waals surface area contributed by atoms with Crippen LogP contribution >= 0.6 is 0 Å². The molecule has 0 radical (unpaired) electrons. The molecule has 1 atom stereocenters. The molecule has 36 heavy (non-hydrogen) atoms. The monoisotopic (exact) mass is 484 g/mol. The molecular weight excluding hydrogens is 452 g/mol. The van der Waals surface area contributed by atoms with Gasteiger partial charge >= 0.3 is 0 Å². The lowest BCUT2D eigenvalue weighted by molar-refractivity contribution is -0.140. The molecule has 2 heterocycles. The summed E-state index contributed by atoms with van der Waals surface area (Å²) in [4.78, 5) is 32.2. The van der Waals surface area contributed by atoms with Crippen LogP contribution in [0.1, 0.15) is 62.4 Å². The first-order chi connectivity index (χ1) is 17.2. The van der Waals surface area contributed by atoms with Gasteiger partial charge < -0.3 is 14.7 Å². The topological polar surface area (TPSA) is 79.7 Å². The minimum absolute atomic E-state index is 0.0440. The number of pyridine rings is 1. The van der Waals surface area contributed by atoms with Gasteiger partial charge in [-0.2, -0.15) is 0 Å². The first kappa shape index (κ1) is 25.2. The van der Waals surface area contributed by atoms with E-state index in [0.29, 0.717) is 17.9 Å². The van der Waals surface area contributed by atoms with Crippen molar-refractivity contribution in [2.24, 2.45) is 0 Å². The van der Waals surface area contributed by atoms with Gasteiger partial charge in [0.2, 0.25) is 0 Å². The fraction of sp³-hybridized carbons (Fsp3) is 0.300. The molecule has 1 saturated heterocycles. The minimum atomic E-state index is -0.727. The van der Waals surface area contributed by atoms with E-state index >= 15 is 0 Å². The summed E-state index contributed by atoms with van der Waals surface area (Å²) in [5, 5.41) is 11.3. The lowest BCUT2D eigenvalue weighted by Gasteiger charge is -2.26. The Labute approximate surface area is 212 Å². The van der Waals surface area contributed by atoms with Crippen LogP contribution in [0.25, 0.3) is 5.76 Å². The third kappa shape index (κ3) is 5.18. The smallest absolute Gasteiger partial charge is 0.295 e. The maximum absolute atomic E-state index is 13.3. The Kier molecular flexibility index (Phi) is 7.25. The zero-order valence-electron chi connectivity index (χ0n) is 21.2. The number of benzene rings is 2. The lowest BCUT2D eigenvalue weighted by atomic mass is 9.85. The molecule has 6 nitrogen and oxygen atoms in total. The zero-order valence-corrected chi connectivity index (χ0v) is 21.2. The summed E-state index contributed by atoms with van der Waals surface area (Å²) in [6.45, 7) is 9.21. The molecule has 1 aliphatic rings. The van der Waals surface area contributed by atoms with Crippen LogP contribution in [0.5, 0.6) is 5.75 Å². The molecule has 4 rings (SSSR count). The third-order valence-corrected chi connectivity index (χ3v) is 6.31. The van der Waals surface area contributed by atoms with Gasteiger partial charge in [-0.3, -0.25) is 14.6 Å². The molecule has 0 spiro atoms. The maximum Gasteiger partial charge on any atom is 0.295 e. The number of hydrogen-bond acceptors (Lipinski definition) is 5. The molecule has 3 aromatic rings. The highest BCUT2D eigenvalue weighted by Crippen LogP contribution is 2.41. The number of hydrogen-bond donors (Lipinski definition) is 1. The molecule has 1 aromatic heterocycles. The Morgan fingerprint density at radius 3 is 2.31 bits per heavy atom. The number of rotatable bonds is 7. The summed E-state index contributed by atoms with van der Waals surface area (Å²) < 4.78 is 5.63. The van der Waals surface area contributed by atoms with Crippen LogP contribution in [0.4, 0.5) is 0 Å². The van der Waals surface area contributed by atoms with E-state index in [0.717, 1.165) is 23.1 Å². The lowest BCUT2D eigenvalue weighted by Crippen LogP contribution is -2.29. The number of carbonyl (C=O) groups is 2. The van der Waals surface area contributed by atoms with E-state index in [4.69, 9.17) is 4.74 Å². The summed E-state index contributed by atoms with van der Waals surface area (Å²) in [5.41, 5.74) is 3.18. The molecule has 1 fully saturated rings. The number of aliphatic hydroxyl groups is 1. The van der Waals surface area contributed by atoms with Gasteiger partial charge in [-0.05, 0) is 58.9 Å². The quantitative estimate of drug-likeness (QED) is 0.261. The van der Waals surface area contributed by atoms with Crippen LogP contribution in [0.2, 0.25) is 0 Å². The number of ether oxygens (including phenoxy) is 1. The van der Waals surface area contributed by atoms with Crippen molar-refractivity contribution in [2.75, 3.05) is 6.61 Å². The van der Waals surface area contributed by atoms with Crippen LogP contribution in [0.3, 0.4) is 0 Å². The first-order valence-corrected chi connectivity index (χ1v) is 12.2. The molecule has 1 unspecified atom stereocenters. The van der Waals surface area contributed by atoms with Crippen LogP contribution in [-0.2, 0) is 21.5 Å². The number of ketones is 1. The van der Waals surface area contributed by atoms with E-state index in [9.17, 15) is 14.7 Å². The highest BCUT2D eigenvalue weighted by molar-refractivity contribution is 6.46. The van der Waals surface area contributed by atoms with Crippen LogP contribution in [0, 0.1) is 0 Å². The molecule has 0 bridgehead atoms. The number of likely N-dealkylation sites (tertiary alicyclic amines) is 1. The highest BCUT2D eigenvalue weighted by Gasteiger charge is 2.46. The number of aliphatic hydroxyl groups excluding tert-OH is 1. The standard InChI is InChI=1S/C30H32N2O4/c1-5-17-36-24-14-10-22(11-15-24)27(33)25-26(21-8-12-23(13-9-21)30(2,3)4)32(29(35)28(25)34)19-20-7-6-16-31-18-20/h6-16,18,26,33H,5,17,19H2,1-4H3/b27-25+. The third-order valence-electron chi connectivity index (χ3n) is 6.31. The highest BCUT2D eigenvalue weighted by atomic mass is 16.5. The number of amides is 1. The average Bonchev–Trinajstić information content (AvgIpc) is 3.12. The zero-order chi connectivity index (χ0) is 25.9. The second-order valence-electron chi connectivity index (χ2n) is 10.0. The number of carbonyl (C=O) groups excluding carboxylic acids is 2. The fourth-order valence-electron chi connectivity index (χ4n) is 4.33. The minimum Gasteiger partial charge on any atom is -0.507 e. The normalized spacial score (nSPS) is 17.4. The number of nitrogens with zero attached hydrogens (tertiary/aromatic N) is 2. The van der Waals surface area contributed by atoms with Gasteiger partial charge in [-0.25, -0.2) is 0 Å². The van der Waals surface area contributed by atoms with E-state index in [-0.39, 0.29) is 23.3 Å². The van der Waals surface area contributed by atoms with Gasteiger partial charge in [0.25, 0.3) is 11.7 Å². The Morgan fingerprint density at radius 1 is 1.03 bits per heavy atom. The second kappa shape index (κ2) is 10.4. The van der Waals surface area contributed by atoms with E-state index in [1.165, 1.54) is 4.90 Å². The van der Waals surface area contributed by atoms with Crippen molar-refractivity contribution in [3.05, 3.63) is 101 Å². The summed E-state index contributed by atoms with van der Waals surface area (Å²) in [6, 6.07) is 17.7. The molecular formula is C30H32N2O4. The van der Waals surface area contributed by atoms with Gasteiger partial charge in [0.15, 0.2) is 0 Å². The number of Topliss-reactive ketones (excluding diaryl/α,β-unsaturated/α-hetero) is 1. The van der Waals surface area contributed by atoms with Crippen molar-refractivity contribution in [2.45, 2.75) is 52.1 Å². The molecule has 1 aliphatic heterocycles. The van der Waals surface area contributed by atoms with E-state index in [1.807, 2.05) is 37.3 Å². The predicted molar refractivity (Wildman–Crippen MR) is 139 cm³/mol. The van der Waals surface area contributed by atoms with Crippen molar-refractivity contribution < 1.29 is 19.4 Å².